The number of carbonyl (C=O) groups excluding carboxylic acids is 1. The number of aryl methyl sites for hydroxylation is 1. The van der Waals surface area contributed by atoms with Gasteiger partial charge < -0.3 is 10.1 Å². The molecule has 0 atom stereocenters. The number of ether oxygens (including phenoxy) is 1. The number of nitrogens with one attached hydrogen (secondary N) is 1. The van der Waals surface area contributed by atoms with E-state index >= 15 is 0 Å². The Morgan fingerprint density at radius 3 is 2.93 bits per heavy atom. The van der Waals surface area contributed by atoms with Crippen LogP contribution in [0.3, 0.4) is 0 Å². The highest BCUT2D eigenvalue weighted by atomic mass is 32.1. The molecule has 0 unspecified atom stereocenters. The fourth-order valence-electron chi connectivity index (χ4n) is 2.89. The van der Waals surface area contributed by atoms with Gasteiger partial charge in [-0.25, -0.2) is 8.91 Å². The molecule has 4 aromatic rings. The van der Waals surface area contributed by atoms with Gasteiger partial charge >= 0.3 is 0 Å². The molecule has 6 nitrogen and oxygen atoms in total. The molecular formula is C21H19FN4O2S. The summed E-state index contributed by atoms with van der Waals surface area (Å²) in [7, 11) is 0. The van der Waals surface area contributed by atoms with Gasteiger partial charge in [-0.05, 0) is 30.7 Å². The Kier molecular flexibility index (Phi) is 5.53. The molecule has 0 saturated carbocycles. The molecule has 0 aliphatic carbocycles. The largest absolute Gasteiger partial charge is 0.484 e. The van der Waals surface area contributed by atoms with Gasteiger partial charge in [-0.1, -0.05) is 30.3 Å². The van der Waals surface area contributed by atoms with Crippen molar-refractivity contribution in [3.05, 3.63) is 71.0 Å². The molecule has 2 heterocycles. The lowest BCUT2D eigenvalue weighted by molar-refractivity contribution is -0.123. The smallest absolute Gasteiger partial charge is 0.257 e. The zero-order valence-electron chi connectivity index (χ0n) is 15.8. The van der Waals surface area contributed by atoms with Crippen molar-refractivity contribution in [3.63, 3.8) is 0 Å². The molecule has 0 bridgehead atoms. The normalized spacial score (nSPS) is 11.0. The van der Waals surface area contributed by atoms with Gasteiger partial charge in [0.1, 0.15) is 11.6 Å². The number of fused-ring (bicyclic) bond motifs is 1. The van der Waals surface area contributed by atoms with Gasteiger partial charge in [0.05, 0.1) is 5.69 Å². The van der Waals surface area contributed by atoms with E-state index in [-0.39, 0.29) is 18.3 Å². The summed E-state index contributed by atoms with van der Waals surface area (Å²) in [4.78, 5) is 17.2. The van der Waals surface area contributed by atoms with Crippen LogP contribution < -0.4 is 10.1 Å². The van der Waals surface area contributed by atoms with Gasteiger partial charge in [0, 0.05) is 23.9 Å². The average molecular weight is 410 g/mol. The van der Waals surface area contributed by atoms with Crippen molar-refractivity contribution >= 4 is 22.2 Å². The molecular weight excluding hydrogens is 391 g/mol. The van der Waals surface area contributed by atoms with Crippen molar-refractivity contribution in [3.8, 4) is 17.1 Å². The van der Waals surface area contributed by atoms with Crippen molar-refractivity contribution in [1.82, 2.24) is 19.9 Å². The van der Waals surface area contributed by atoms with E-state index in [0.29, 0.717) is 30.1 Å². The number of nitrogens with zero attached hydrogens (tertiary/aromatic N) is 3. The zero-order valence-corrected chi connectivity index (χ0v) is 16.6. The van der Waals surface area contributed by atoms with E-state index in [2.05, 4.69) is 15.4 Å². The van der Waals surface area contributed by atoms with Crippen LogP contribution in [0.25, 0.3) is 16.3 Å². The molecule has 148 valence electrons. The van der Waals surface area contributed by atoms with E-state index in [1.54, 1.807) is 16.6 Å². The second-order valence-corrected chi connectivity index (χ2v) is 7.36. The van der Waals surface area contributed by atoms with Crippen molar-refractivity contribution < 1.29 is 13.9 Å². The highest BCUT2D eigenvalue weighted by Gasteiger charge is 2.12. The summed E-state index contributed by atoms with van der Waals surface area (Å²) in [5.41, 5.74) is 2.55. The van der Waals surface area contributed by atoms with Crippen molar-refractivity contribution in [2.24, 2.45) is 0 Å². The molecule has 0 aliphatic heterocycles. The first-order valence-corrected chi connectivity index (χ1v) is 10.0. The van der Waals surface area contributed by atoms with E-state index in [1.807, 2.05) is 36.6 Å². The summed E-state index contributed by atoms with van der Waals surface area (Å²) in [5, 5.41) is 9.29. The van der Waals surface area contributed by atoms with Crippen LogP contribution in [0.1, 0.15) is 11.3 Å². The summed E-state index contributed by atoms with van der Waals surface area (Å²) in [6.45, 7) is 2.36. The highest BCUT2D eigenvalue weighted by molar-refractivity contribution is 7.15. The Bertz CT molecular complexity index is 1150. The third-order valence-corrected chi connectivity index (χ3v) is 5.25. The number of hydrogen-bond donors (Lipinski definition) is 1. The second kappa shape index (κ2) is 8.40. The number of halogens is 1. The number of thiazole rings is 1. The van der Waals surface area contributed by atoms with E-state index in [1.165, 1.54) is 23.5 Å². The van der Waals surface area contributed by atoms with E-state index in [4.69, 9.17) is 4.74 Å². The maximum atomic E-state index is 13.4. The first-order valence-electron chi connectivity index (χ1n) is 9.14. The van der Waals surface area contributed by atoms with Gasteiger partial charge in [0.15, 0.2) is 12.4 Å². The first kappa shape index (κ1) is 19.1. The maximum Gasteiger partial charge on any atom is 0.257 e. The minimum atomic E-state index is -0.323. The minimum Gasteiger partial charge on any atom is -0.484 e. The topological polar surface area (TPSA) is 68.5 Å². The number of carbonyl (C=O) groups is 1. The Morgan fingerprint density at radius 2 is 2.10 bits per heavy atom. The fraction of sp³-hybridized carbons (Fsp3) is 0.190. The van der Waals surface area contributed by atoms with Crippen molar-refractivity contribution in [2.45, 2.75) is 13.3 Å². The molecule has 0 fully saturated rings. The Morgan fingerprint density at radius 1 is 1.24 bits per heavy atom. The van der Waals surface area contributed by atoms with E-state index in [9.17, 15) is 9.18 Å². The number of para-hydroxylation sites is 1. The van der Waals surface area contributed by atoms with Crippen molar-refractivity contribution in [1.29, 1.82) is 0 Å². The standard InChI is InChI=1S/C21H19FN4O2S/c1-14-5-2-3-8-18(14)28-12-19(27)23-10-9-17-13-29-21-24-20(25-26(17)21)15-6-4-7-16(22)11-15/h2-8,11,13H,9-10,12H2,1H3,(H,23,27). The summed E-state index contributed by atoms with van der Waals surface area (Å²) < 4.78 is 20.7. The molecule has 0 saturated heterocycles. The monoisotopic (exact) mass is 410 g/mol. The first-order chi connectivity index (χ1) is 14.1. The van der Waals surface area contributed by atoms with Gasteiger partial charge in [-0.15, -0.1) is 16.4 Å². The Balaban J connectivity index is 1.34. The lowest BCUT2D eigenvalue weighted by atomic mass is 10.2. The summed E-state index contributed by atoms with van der Waals surface area (Å²) in [6.07, 6.45) is 0.599. The molecule has 2 aromatic heterocycles. The van der Waals surface area contributed by atoms with Gasteiger partial charge in [0.25, 0.3) is 5.91 Å². The number of hydrogen-bond acceptors (Lipinski definition) is 5. The molecule has 1 N–H and O–H groups in total. The van der Waals surface area contributed by atoms with Crippen LogP contribution in [0, 0.1) is 12.7 Å². The molecule has 1 amide bonds. The molecule has 2 aromatic carbocycles. The molecule has 8 heteroatoms. The molecule has 0 radical (unpaired) electrons. The maximum absolute atomic E-state index is 13.4. The number of aromatic nitrogens is 3. The lowest BCUT2D eigenvalue weighted by Crippen LogP contribution is -2.30. The summed E-state index contributed by atoms with van der Waals surface area (Å²) in [5.74, 6) is 0.679. The quantitative estimate of drug-likeness (QED) is 0.505. The van der Waals surface area contributed by atoms with Crippen LogP contribution in [0.5, 0.6) is 5.75 Å². The molecule has 0 spiro atoms. The SMILES string of the molecule is Cc1ccccc1OCC(=O)NCCc1csc2nc(-c3cccc(F)c3)nn12. The van der Waals surface area contributed by atoms with Gasteiger partial charge in [0.2, 0.25) is 4.96 Å². The highest BCUT2D eigenvalue weighted by Crippen LogP contribution is 2.21. The van der Waals surface area contributed by atoms with Gasteiger partial charge in [-0.3, -0.25) is 4.79 Å². The van der Waals surface area contributed by atoms with Crippen molar-refractivity contribution in [2.75, 3.05) is 13.2 Å². The zero-order chi connectivity index (χ0) is 20.2. The predicted molar refractivity (Wildman–Crippen MR) is 110 cm³/mol. The lowest BCUT2D eigenvalue weighted by Gasteiger charge is -2.09. The molecule has 29 heavy (non-hydrogen) atoms. The van der Waals surface area contributed by atoms with Gasteiger partial charge in [-0.2, -0.15) is 4.98 Å². The second-order valence-electron chi connectivity index (χ2n) is 6.52. The third-order valence-electron chi connectivity index (χ3n) is 4.39. The number of amides is 1. The van der Waals surface area contributed by atoms with Crippen LogP contribution in [-0.2, 0) is 11.2 Å². The summed E-state index contributed by atoms with van der Waals surface area (Å²) in [6, 6.07) is 13.8. The minimum absolute atomic E-state index is 0.0308. The third kappa shape index (κ3) is 4.43. The predicted octanol–water partition coefficient (Wildman–Crippen LogP) is 3.64. The van der Waals surface area contributed by atoms with E-state index < -0.39 is 0 Å². The number of rotatable bonds is 7. The van der Waals surface area contributed by atoms with Crippen LogP contribution >= 0.6 is 11.3 Å². The number of benzene rings is 2. The van der Waals surface area contributed by atoms with E-state index in [0.717, 1.165) is 16.2 Å². The summed E-state index contributed by atoms with van der Waals surface area (Å²) >= 11 is 1.46. The molecule has 4 rings (SSSR count). The van der Waals surface area contributed by atoms with Crippen LogP contribution in [0.4, 0.5) is 4.39 Å². The Labute approximate surface area is 171 Å². The fourth-order valence-corrected chi connectivity index (χ4v) is 3.75. The van der Waals surface area contributed by atoms with Crippen LogP contribution in [0.2, 0.25) is 0 Å². The van der Waals surface area contributed by atoms with Crippen LogP contribution in [-0.4, -0.2) is 33.7 Å². The molecule has 0 aliphatic rings. The average Bonchev–Trinajstić information content (AvgIpc) is 3.29. The Hall–Kier alpha value is -3.26. The van der Waals surface area contributed by atoms with Crippen LogP contribution in [0.15, 0.2) is 53.9 Å².